The van der Waals surface area contributed by atoms with E-state index in [0.717, 1.165) is 11.8 Å². The number of carboxylic acids is 1. The van der Waals surface area contributed by atoms with Gasteiger partial charge < -0.3 is 13.9 Å². The van der Waals surface area contributed by atoms with E-state index < -0.39 is 5.97 Å². The molecule has 0 saturated heterocycles. The monoisotopic (exact) mass is 464 g/mol. The van der Waals surface area contributed by atoms with Crippen LogP contribution in [0.25, 0.3) is 34.8 Å². The summed E-state index contributed by atoms with van der Waals surface area (Å²) in [6.07, 6.45) is 5.45. The van der Waals surface area contributed by atoms with Crippen LogP contribution in [-0.4, -0.2) is 23.1 Å². The minimum absolute atomic E-state index is 0.0586. The van der Waals surface area contributed by atoms with Crippen molar-refractivity contribution < 1.29 is 28.3 Å². The predicted molar refractivity (Wildman–Crippen MR) is 131 cm³/mol. The molecule has 2 heterocycles. The van der Waals surface area contributed by atoms with Crippen molar-refractivity contribution >= 4 is 30.2 Å². The van der Waals surface area contributed by atoms with Gasteiger partial charge in [0.2, 0.25) is 0 Å². The quantitative estimate of drug-likeness (QED) is 0.257. The summed E-state index contributed by atoms with van der Waals surface area (Å²) in [5.74, 6) is 1.19. The van der Waals surface area contributed by atoms with Gasteiger partial charge >= 0.3 is 5.97 Å². The second-order valence-corrected chi connectivity index (χ2v) is 8.20. The minimum Gasteiger partial charge on any atom is -0.478 e. The number of benzene rings is 2. The third-order valence-electron chi connectivity index (χ3n) is 5.83. The Morgan fingerprint density at radius 1 is 0.771 bits per heavy atom. The molecule has 2 aromatic heterocycles. The van der Waals surface area contributed by atoms with Gasteiger partial charge in [-0.25, -0.2) is 4.79 Å². The molecule has 5 rings (SSSR count). The fourth-order valence-corrected chi connectivity index (χ4v) is 4.06. The molecule has 1 aliphatic carbocycles. The van der Waals surface area contributed by atoms with Crippen LogP contribution < -0.4 is 0 Å². The number of allylic oxidation sites excluding steroid dienone is 2. The van der Waals surface area contributed by atoms with E-state index in [1.807, 2.05) is 12.1 Å². The number of rotatable bonds is 6. The zero-order valence-corrected chi connectivity index (χ0v) is 18.6. The summed E-state index contributed by atoms with van der Waals surface area (Å²) in [5, 5.41) is 9.19. The number of furan rings is 2. The van der Waals surface area contributed by atoms with E-state index in [1.165, 1.54) is 6.07 Å². The Morgan fingerprint density at radius 2 is 1.34 bits per heavy atom. The molecule has 6 nitrogen and oxygen atoms in total. The Kier molecular flexibility index (Phi) is 5.85. The number of carboxylic acid groups (broad SMARTS) is 1. The van der Waals surface area contributed by atoms with Crippen molar-refractivity contribution in [1.82, 2.24) is 0 Å². The first kappa shape index (κ1) is 22.1. The third kappa shape index (κ3) is 4.68. The molecule has 1 fully saturated rings. The number of carbonyl (C=O) groups excluding carboxylic acids is 2. The Labute approximate surface area is 200 Å². The number of ketones is 1. The van der Waals surface area contributed by atoms with Crippen LogP contribution >= 0.6 is 0 Å². The van der Waals surface area contributed by atoms with Crippen LogP contribution in [0.15, 0.2) is 92.8 Å². The van der Waals surface area contributed by atoms with Gasteiger partial charge in [-0.3, -0.25) is 9.59 Å². The summed E-state index contributed by atoms with van der Waals surface area (Å²) < 4.78 is 11.7. The van der Waals surface area contributed by atoms with Gasteiger partial charge in [0.05, 0.1) is 5.56 Å². The molecule has 0 unspecified atom stereocenters. The highest BCUT2D eigenvalue weighted by atomic mass is 16.4. The van der Waals surface area contributed by atoms with Gasteiger partial charge in [-0.15, -0.1) is 0 Å². The maximum atomic E-state index is 12.9. The lowest BCUT2D eigenvalue weighted by Gasteiger charge is -1.99. The number of aldehydes is 1. The molecule has 172 valence electrons. The SMILES string of the molecule is O=Cc1cccc(-c2ccc(/C=C3\CC/C(=C\c4ccc(-c5cccc(C(=O)O)c5)o4)C3=O)o2)c1. The van der Waals surface area contributed by atoms with Crippen molar-refractivity contribution in [2.24, 2.45) is 0 Å². The molecule has 6 heteroatoms. The van der Waals surface area contributed by atoms with Gasteiger partial charge in [0.1, 0.15) is 29.3 Å². The third-order valence-corrected chi connectivity index (χ3v) is 5.83. The molecule has 1 N–H and O–H groups in total. The minimum atomic E-state index is -1.00. The standard InChI is InChI=1S/C29H20O6/c30-17-18-3-1-4-19(13-18)26-11-9-24(34-26)15-21-7-8-22(28(21)31)16-25-10-12-27(35-25)20-5-2-6-23(14-20)29(32)33/h1-6,9-17H,7-8H2,(H,32,33)/b21-15+,22-16+. The number of aromatic carboxylic acids is 1. The zero-order valence-electron chi connectivity index (χ0n) is 18.6. The van der Waals surface area contributed by atoms with Crippen LogP contribution in [0.2, 0.25) is 0 Å². The molecule has 0 radical (unpaired) electrons. The number of carbonyl (C=O) groups is 3. The first-order valence-corrected chi connectivity index (χ1v) is 11.0. The summed E-state index contributed by atoms with van der Waals surface area (Å²) in [6.45, 7) is 0. The van der Waals surface area contributed by atoms with Crippen LogP contribution in [0.5, 0.6) is 0 Å². The highest BCUT2D eigenvalue weighted by Crippen LogP contribution is 2.32. The van der Waals surface area contributed by atoms with Crippen molar-refractivity contribution in [3.05, 3.63) is 107 Å². The Balaban J connectivity index is 1.33. The van der Waals surface area contributed by atoms with Crippen molar-refractivity contribution in [3.8, 4) is 22.6 Å². The van der Waals surface area contributed by atoms with Crippen molar-refractivity contribution in [2.45, 2.75) is 12.8 Å². The molecule has 0 aliphatic heterocycles. The van der Waals surface area contributed by atoms with E-state index in [1.54, 1.807) is 66.7 Å². The molecule has 0 atom stereocenters. The first-order valence-electron chi connectivity index (χ1n) is 11.0. The lowest BCUT2D eigenvalue weighted by Crippen LogP contribution is -1.95. The maximum absolute atomic E-state index is 12.9. The molecule has 1 aliphatic rings. The van der Waals surface area contributed by atoms with Crippen molar-refractivity contribution in [2.75, 3.05) is 0 Å². The highest BCUT2D eigenvalue weighted by molar-refractivity contribution is 6.15. The highest BCUT2D eigenvalue weighted by Gasteiger charge is 2.24. The van der Waals surface area contributed by atoms with Crippen LogP contribution in [0.3, 0.4) is 0 Å². The number of Topliss-reactive ketones (excluding diaryl/α,β-unsaturated/α-hetero) is 1. The molecular formula is C29H20O6. The predicted octanol–water partition coefficient (Wildman–Crippen LogP) is 6.55. The average molecular weight is 464 g/mol. The van der Waals surface area contributed by atoms with Crippen LogP contribution in [0.4, 0.5) is 0 Å². The van der Waals surface area contributed by atoms with Gasteiger partial charge in [0.15, 0.2) is 5.78 Å². The van der Waals surface area contributed by atoms with Gasteiger partial charge in [-0.05, 0) is 67.5 Å². The van der Waals surface area contributed by atoms with Gasteiger partial charge in [0.25, 0.3) is 0 Å². The van der Waals surface area contributed by atoms with E-state index in [2.05, 4.69) is 0 Å². The zero-order chi connectivity index (χ0) is 24.4. The fraction of sp³-hybridized carbons (Fsp3) is 0.0690. The second-order valence-electron chi connectivity index (χ2n) is 8.20. The lowest BCUT2D eigenvalue weighted by molar-refractivity contribution is -0.111. The summed E-state index contributed by atoms with van der Waals surface area (Å²) in [4.78, 5) is 35.2. The molecule has 35 heavy (non-hydrogen) atoms. The van der Waals surface area contributed by atoms with E-state index >= 15 is 0 Å². The lowest BCUT2D eigenvalue weighted by atomic mass is 10.1. The maximum Gasteiger partial charge on any atom is 0.335 e. The molecule has 0 bridgehead atoms. The van der Waals surface area contributed by atoms with Crippen molar-refractivity contribution in [3.63, 3.8) is 0 Å². The van der Waals surface area contributed by atoms with E-state index in [0.29, 0.717) is 58.2 Å². The molecular weight excluding hydrogens is 444 g/mol. The number of hydrogen-bond donors (Lipinski definition) is 1. The van der Waals surface area contributed by atoms with Crippen LogP contribution in [0.1, 0.15) is 45.1 Å². The average Bonchev–Trinajstić information content (AvgIpc) is 3.62. The van der Waals surface area contributed by atoms with Crippen molar-refractivity contribution in [1.29, 1.82) is 0 Å². The summed E-state index contributed by atoms with van der Waals surface area (Å²) in [6, 6.07) is 20.8. The Hall–Kier alpha value is -4.71. The van der Waals surface area contributed by atoms with Gasteiger partial charge in [-0.1, -0.05) is 30.3 Å². The fourth-order valence-electron chi connectivity index (χ4n) is 4.06. The van der Waals surface area contributed by atoms with Gasteiger partial charge in [-0.2, -0.15) is 0 Å². The summed E-state index contributed by atoms with van der Waals surface area (Å²) >= 11 is 0. The Bertz CT molecular complexity index is 1510. The summed E-state index contributed by atoms with van der Waals surface area (Å²) in [7, 11) is 0. The van der Waals surface area contributed by atoms with Crippen LogP contribution in [-0.2, 0) is 4.79 Å². The molecule has 1 saturated carbocycles. The molecule has 4 aromatic rings. The number of hydrogen-bond acceptors (Lipinski definition) is 5. The normalized spacial score (nSPS) is 15.7. The topological polar surface area (TPSA) is 97.7 Å². The van der Waals surface area contributed by atoms with Crippen LogP contribution in [0, 0.1) is 0 Å². The van der Waals surface area contributed by atoms with E-state index in [4.69, 9.17) is 8.83 Å². The second kappa shape index (κ2) is 9.27. The van der Waals surface area contributed by atoms with E-state index in [9.17, 15) is 19.5 Å². The van der Waals surface area contributed by atoms with Gasteiger partial charge in [0, 0.05) is 27.8 Å². The Morgan fingerprint density at radius 3 is 1.91 bits per heavy atom. The summed E-state index contributed by atoms with van der Waals surface area (Å²) in [5.41, 5.74) is 3.48. The molecule has 0 amide bonds. The smallest absolute Gasteiger partial charge is 0.335 e. The van der Waals surface area contributed by atoms with E-state index in [-0.39, 0.29) is 11.3 Å². The largest absolute Gasteiger partial charge is 0.478 e. The molecule has 2 aromatic carbocycles. The first-order chi connectivity index (χ1) is 17.0. The molecule has 0 spiro atoms.